The molecule has 6 nitrogen and oxygen atoms in total. The van der Waals surface area contributed by atoms with E-state index in [0.717, 1.165) is 12.1 Å². The van der Waals surface area contributed by atoms with Crippen molar-refractivity contribution >= 4 is 23.4 Å². The maximum atomic E-state index is 12.6. The molecular formula is C20H13ClF3N3O3. The van der Waals surface area contributed by atoms with E-state index in [9.17, 15) is 18.0 Å². The molecule has 0 aliphatic heterocycles. The maximum Gasteiger partial charge on any atom is 0.417 e. The molecule has 3 rings (SSSR count). The van der Waals surface area contributed by atoms with E-state index in [0.29, 0.717) is 22.5 Å². The number of pyridine rings is 1. The van der Waals surface area contributed by atoms with E-state index >= 15 is 0 Å². The molecule has 0 saturated heterocycles. The Balaban J connectivity index is 1.62. The van der Waals surface area contributed by atoms with Gasteiger partial charge in [-0.15, -0.1) is 0 Å². The molecule has 154 valence electrons. The van der Waals surface area contributed by atoms with Crippen LogP contribution < -0.4 is 10.5 Å². The highest BCUT2D eigenvalue weighted by molar-refractivity contribution is 6.30. The number of amidine groups is 1. The maximum absolute atomic E-state index is 12.6. The lowest BCUT2D eigenvalue weighted by molar-refractivity contribution is -0.137. The zero-order chi connectivity index (χ0) is 21.7. The van der Waals surface area contributed by atoms with Gasteiger partial charge in [0, 0.05) is 22.8 Å². The number of ether oxygens (including phenoxy) is 1. The number of halogens is 4. The zero-order valence-electron chi connectivity index (χ0n) is 15.1. The highest BCUT2D eigenvalue weighted by Crippen LogP contribution is 2.30. The van der Waals surface area contributed by atoms with Crippen LogP contribution in [-0.2, 0) is 11.0 Å². The van der Waals surface area contributed by atoms with Crippen molar-refractivity contribution in [3.63, 3.8) is 0 Å². The van der Waals surface area contributed by atoms with Crippen LogP contribution in [-0.4, -0.2) is 16.8 Å². The number of hydrogen-bond donors (Lipinski definition) is 1. The molecule has 0 spiro atoms. The molecular weight excluding hydrogens is 423 g/mol. The van der Waals surface area contributed by atoms with Crippen LogP contribution >= 0.6 is 11.6 Å². The van der Waals surface area contributed by atoms with Gasteiger partial charge in [0.05, 0.1) is 11.1 Å². The number of rotatable bonds is 5. The number of carbonyl (C=O) groups is 1. The Labute approximate surface area is 173 Å². The van der Waals surface area contributed by atoms with Gasteiger partial charge in [-0.2, -0.15) is 13.2 Å². The van der Waals surface area contributed by atoms with Crippen LogP contribution in [0.15, 0.2) is 72.0 Å². The van der Waals surface area contributed by atoms with Crippen LogP contribution in [0, 0.1) is 0 Å². The van der Waals surface area contributed by atoms with E-state index in [2.05, 4.69) is 10.1 Å². The van der Waals surface area contributed by atoms with E-state index in [4.69, 9.17) is 26.9 Å². The van der Waals surface area contributed by atoms with Crippen molar-refractivity contribution in [2.24, 2.45) is 10.9 Å². The summed E-state index contributed by atoms with van der Waals surface area (Å²) in [6, 6.07) is 14.1. The minimum absolute atomic E-state index is 0.00529. The zero-order valence-corrected chi connectivity index (χ0v) is 15.8. The van der Waals surface area contributed by atoms with Gasteiger partial charge >= 0.3 is 12.1 Å². The van der Waals surface area contributed by atoms with E-state index < -0.39 is 17.7 Å². The summed E-state index contributed by atoms with van der Waals surface area (Å²) in [4.78, 5) is 20.3. The third-order valence-corrected chi connectivity index (χ3v) is 3.99. The fraction of sp³-hybridized carbons (Fsp3) is 0.0500. The quantitative estimate of drug-likeness (QED) is 0.263. The standard InChI is InChI=1S/C20H13ClF3N3O3/c21-15-6-1-13(2-7-15)19(28)30-27-18(25)12-3-8-16(9-4-12)29-17-10-5-14(11-26-17)20(22,23)24/h1-11H,(H2,25,27). The number of nitrogens with two attached hydrogens (primary N) is 1. The van der Waals surface area contributed by atoms with Crippen molar-refractivity contribution in [2.75, 3.05) is 0 Å². The molecule has 10 heteroatoms. The van der Waals surface area contributed by atoms with Gasteiger partial charge < -0.3 is 15.3 Å². The molecule has 0 bridgehead atoms. The van der Waals surface area contributed by atoms with Crippen molar-refractivity contribution in [3.8, 4) is 11.6 Å². The lowest BCUT2D eigenvalue weighted by atomic mass is 10.2. The molecule has 0 atom stereocenters. The summed E-state index contributed by atoms with van der Waals surface area (Å²) in [6.07, 6.45) is -3.79. The van der Waals surface area contributed by atoms with Crippen molar-refractivity contribution in [1.29, 1.82) is 0 Å². The summed E-state index contributed by atoms with van der Waals surface area (Å²) in [5.74, 6) is -0.453. The Morgan fingerprint density at radius 3 is 2.17 bits per heavy atom. The molecule has 0 fully saturated rings. The number of nitrogens with zero attached hydrogens (tertiary/aromatic N) is 2. The third-order valence-electron chi connectivity index (χ3n) is 3.74. The molecule has 30 heavy (non-hydrogen) atoms. The first kappa shape index (κ1) is 21.1. The number of hydrogen-bond acceptors (Lipinski definition) is 5. The molecule has 0 saturated carbocycles. The van der Waals surface area contributed by atoms with Crippen molar-refractivity contribution in [1.82, 2.24) is 4.98 Å². The first-order chi connectivity index (χ1) is 14.2. The predicted molar refractivity (Wildman–Crippen MR) is 103 cm³/mol. The van der Waals surface area contributed by atoms with Gasteiger partial charge in [0.15, 0.2) is 5.84 Å². The van der Waals surface area contributed by atoms with Crippen molar-refractivity contribution in [2.45, 2.75) is 6.18 Å². The highest BCUT2D eigenvalue weighted by atomic mass is 35.5. The van der Waals surface area contributed by atoms with Gasteiger partial charge in [-0.05, 0) is 54.6 Å². The van der Waals surface area contributed by atoms with Gasteiger partial charge in [0.1, 0.15) is 5.75 Å². The van der Waals surface area contributed by atoms with E-state index in [1.54, 1.807) is 0 Å². The minimum atomic E-state index is -4.47. The topological polar surface area (TPSA) is 86.8 Å². The van der Waals surface area contributed by atoms with Gasteiger partial charge in [-0.25, -0.2) is 9.78 Å². The van der Waals surface area contributed by atoms with Crippen LogP contribution in [0.5, 0.6) is 11.6 Å². The van der Waals surface area contributed by atoms with E-state index in [-0.39, 0.29) is 17.3 Å². The summed E-state index contributed by atoms with van der Waals surface area (Å²) in [7, 11) is 0. The van der Waals surface area contributed by atoms with Gasteiger partial charge in [-0.3, -0.25) is 0 Å². The predicted octanol–water partition coefficient (Wildman–Crippen LogP) is 5.02. The van der Waals surface area contributed by atoms with Gasteiger partial charge in [0.2, 0.25) is 5.88 Å². The SMILES string of the molecule is NC(=NOC(=O)c1ccc(Cl)cc1)c1ccc(Oc2ccc(C(F)(F)F)cn2)cc1. The molecule has 0 radical (unpaired) electrons. The lowest BCUT2D eigenvalue weighted by Crippen LogP contribution is -2.15. The molecule has 2 N–H and O–H groups in total. The highest BCUT2D eigenvalue weighted by Gasteiger charge is 2.30. The number of oxime groups is 1. The normalized spacial score (nSPS) is 11.8. The van der Waals surface area contributed by atoms with Crippen LogP contribution in [0.2, 0.25) is 5.02 Å². The van der Waals surface area contributed by atoms with Crippen LogP contribution in [0.3, 0.4) is 0 Å². The molecule has 2 aromatic carbocycles. The summed E-state index contributed by atoms with van der Waals surface area (Å²) in [6.45, 7) is 0. The Bertz CT molecular complexity index is 1050. The second kappa shape index (κ2) is 8.83. The summed E-state index contributed by atoms with van der Waals surface area (Å²) in [5.41, 5.74) is 5.61. The van der Waals surface area contributed by atoms with E-state index in [1.165, 1.54) is 48.5 Å². The molecule has 1 heterocycles. The summed E-state index contributed by atoms with van der Waals surface area (Å²) >= 11 is 5.75. The summed E-state index contributed by atoms with van der Waals surface area (Å²) < 4.78 is 43.0. The molecule has 0 unspecified atom stereocenters. The fourth-order valence-corrected chi connectivity index (χ4v) is 2.33. The van der Waals surface area contributed by atoms with Crippen molar-refractivity contribution < 1.29 is 27.5 Å². The van der Waals surface area contributed by atoms with Crippen LogP contribution in [0.1, 0.15) is 21.5 Å². The molecule has 3 aromatic rings. The Morgan fingerprint density at radius 1 is 0.967 bits per heavy atom. The number of alkyl halides is 3. The number of aromatic nitrogens is 1. The second-order valence-corrected chi connectivity index (χ2v) is 6.31. The van der Waals surface area contributed by atoms with Gasteiger partial charge in [-0.1, -0.05) is 16.8 Å². The Morgan fingerprint density at radius 2 is 1.60 bits per heavy atom. The third kappa shape index (κ3) is 5.48. The van der Waals surface area contributed by atoms with Crippen LogP contribution in [0.25, 0.3) is 0 Å². The Hall–Kier alpha value is -3.59. The van der Waals surface area contributed by atoms with E-state index in [1.807, 2.05) is 0 Å². The number of carbonyl (C=O) groups excluding carboxylic acids is 1. The molecule has 0 aliphatic rings. The monoisotopic (exact) mass is 435 g/mol. The second-order valence-electron chi connectivity index (χ2n) is 5.87. The van der Waals surface area contributed by atoms with Crippen molar-refractivity contribution in [3.05, 3.63) is 88.6 Å². The van der Waals surface area contributed by atoms with Crippen LogP contribution in [0.4, 0.5) is 13.2 Å². The molecule has 1 aromatic heterocycles. The number of benzene rings is 2. The minimum Gasteiger partial charge on any atom is -0.439 e. The first-order valence-corrected chi connectivity index (χ1v) is 8.72. The molecule has 0 amide bonds. The Kier molecular flexibility index (Phi) is 6.22. The molecule has 0 aliphatic carbocycles. The average Bonchev–Trinajstić information content (AvgIpc) is 2.72. The fourth-order valence-electron chi connectivity index (χ4n) is 2.20. The largest absolute Gasteiger partial charge is 0.439 e. The lowest BCUT2D eigenvalue weighted by Gasteiger charge is -2.08. The first-order valence-electron chi connectivity index (χ1n) is 8.34. The smallest absolute Gasteiger partial charge is 0.417 e. The summed E-state index contributed by atoms with van der Waals surface area (Å²) in [5, 5.41) is 4.07. The van der Waals surface area contributed by atoms with Gasteiger partial charge in [0.25, 0.3) is 0 Å². The average molecular weight is 436 g/mol.